The predicted octanol–water partition coefficient (Wildman–Crippen LogP) is 6.64. The Morgan fingerprint density at radius 2 is 1.82 bits per heavy atom. The van der Waals surface area contributed by atoms with Crippen LogP contribution in [0.5, 0.6) is 0 Å². The lowest BCUT2D eigenvalue weighted by Crippen LogP contribution is -2.27. The van der Waals surface area contributed by atoms with Crippen LogP contribution in [0.25, 0.3) is 22.4 Å². The number of aromatic nitrogens is 3. The predicted molar refractivity (Wildman–Crippen MR) is 125 cm³/mol. The number of carbonyl (C=O) groups excluding carboxylic acids is 1. The zero-order chi connectivity index (χ0) is 22.9. The van der Waals surface area contributed by atoms with Crippen LogP contribution in [0.15, 0.2) is 52.9 Å². The van der Waals surface area contributed by atoms with Crippen LogP contribution in [0.1, 0.15) is 37.5 Å². The summed E-state index contributed by atoms with van der Waals surface area (Å²) < 4.78 is 19.5. The second-order valence-corrected chi connectivity index (χ2v) is 8.99. The van der Waals surface area contributed by atoms with Gasteiger partial charge in [0.05, 0.1) is 10.5 Å². The Morgan fingerprint density at radius 3 is 2.61 bits per heavy atom. The maximum absolute atomic E-state index is 13.7. The first kappa shape index (κ1) is 21.8. The van der Waals surface area contributed by atoms with Gasteiger partial charge in [0.1, 0.15) is 11.6 Å². The Hall–Kier alpha value is -3.03. The van der Waals surface area contributed by atoms with Gasteiger partial charge in [-0.1, -0.05) is 23.2 Å². The molecule has 0 spiro atoms. The summed E-state index contributed by atoms with van der Waals surface area (Å²) in [6, 6.07) is 13.5. The first-order chi connectivity index (χ1) is 16.0. The fourth-order valence-electron chi connectivity index (χ4n) is 4.14. The molecule has 0 bridgehead atoms. The van der Waals surface area contributed by atoms with E-state index in [0.29, 0.717) is 35.1 Å². The molecule has 168 valence electrons. The van der Waals surface area contributed by atoms with Crippen molar-refractivity contribution in [2.24, 2.45) is 5.92 Å². The minimum absolute atomic E-state index is 0.0402. The van der Waals surface area contributed by atoms with Crippen LogP contribution in [0, 0.1) is 11.7 Å². The monoisotopic (exact) mass is 484 g/mol. The summed E-state index contributed by atoms with van der Waals surface area (Å²) in [5.74, 6) is 0.654. The summed E-state index contributed by atoms with van der Waals surface area (Å²) in [7, 11) is 0. The van der Waals surface area contributed by atoms with E-state index in [1.165, 1.54) is 12.1 Å². The number of amides is 1. The minimum Gasteiger partial charge on any atom is -0.420 e. The quantitative estimate of drug-likeness (QED) is 0.350. The Labute approximate surface area is 199 Å². The van der Waals surface area contributed by atoms with Gasteiger partial charge in [0.25, 0.3) is 0 Å². The normalized spacial score (nSPS) is 18.4. The second kappa shape index (κ2) is 9.08. The van der Waals surface area contributed by atoms with Crippen molar-refractivity contribution in [1.29, 1.82) is 0 Å². The molecule has 1 saturated carbocycles. The molecule has 0 saturated heterocycles. The van der Waals surface area contributed by atoms with Crippen molar-refractivity contribution in [3.63, 3.8) is 0 Å². The molecule has 1 N–H and O–H groups in total. The lowest BCUT2D eigenvalue weighted by atomic mass is 9.81. The molecular weight excluding hydrogens is 466 g/mol. The first-order valence-corrected chi connectivity index (χ1v) is 11.4. The minimum atomic E-state index is -0.537. The molecule has 1 aliphatic rings. The van der Waals surface area contributed by atoms with Crippen LogP contribution in [-0.2, 0) is 4.79 Å². The highest BCUT2D eigenvalue weighted by Gasteiger charge is 2.30. The maximum Gasteiger partial charge on any atom is 0.247 e. The number of fused-ring (bicyclic) bond motifs is 1. The van der Waals surface area contributed by atoms with Gasteiger partial charge in [0.15, 0.2) is 0 Å². The van der Waals surface area contributed by atoms with Crippen molar-refractivity contribution in [3.05, 3.63) is 70.3 Å². The summed E-state index contributed by atoms with van der Waals surface area (Å²) in [6.07, 6.45) is 2.90. The van der Waals surface area contributed by atoms with E-state index in [0.717, 1.165) is 23.7 Å². The Bertz CT molecular complexity index is 1340. The summed E-state index contributed by atoms with van der Waals surface area (Å²) in [5.41, 5.74) is 1.25. The van der Waals surface area contributed by atoms with Crippen molar-refractivity contribution in [2.45, 2.75) is 31.6 Å². The van der Waals surface area contributed by atoms with E-state index in [2.05, 4.69) is 20.5 Å². The Balaban J connectivity index is 1.20. The van der Waals surface area contributed by atoms with Crippen LogP contribution >= 0.6 is 23.2 Å². The average Bonchev–Trinajstić information content (AvgIpc) is 3.31. The van der Waals surface area contributed by atoms with Gasteiger partial charge in [-0.25, -0.2) is 9.37 Å². The van der Waals surface area contributed by atoms with Gasteiger partial charge in [0, 0.05) is 27.8 Å². The van der Waals surface area contributed by atoms with Gasteiger partial charge in [-0.15, -0.1) is 10.2 Å². The van der Waals surface area contributed by atoms with Crippen molar-refractivity contribution >= 4 is 45.8 Å². The highest BCUT2D eigenvalue weighted by molar-refractivity contribution is 6.31. The largest absolute Gasteiger partial charge is 0.420 e. The van der Waals surface area contributed by atoms with E-state index in [-0.39, 0.29) is 28.7 Å². The summed E-state index contributed by atoms with van der Waals surface area (Å²) >= 11 is 11.7. The van der Waals surface area contributed by atoms with Crippen molar-refractivity contribution in [1.82, 2.24) is 15.2 Å². The van der Waals surface area contributed by atoms with Gasteiger partial charge in [-0.05, 0) is 74.2 Å². The number of pyridine rings is 1. The lowest BCUT2D eigenvalue weighted by molar-refractivity contribution is -0.120. The standard InChI is InChI=1S/C24H19Cl2FN4O2/c25-17-7-9-20-15(11-17)6-10-21(28-20)29-22(32)13-1-3-14(4-2-13)23-30-31-24(33-23)16-5-8-18(26)19(27)12-16/h5-14H,1-4H2,(H,28,29,32). The Kier molecular flexibility index (Phi) is 6.00. The number of nitrogens with zero attached hydrogens (tertiary/aromatic N) is 3. The van der Waals surface area contributed by atoms with Gasteiger partial charge in [-0.3, -0.25) is 4.79 Å². The summed E-state index contributed by atoms with van der Waals surface area (Å²) in [5, 5.41) is 12.7. The fourth-order valence-corrected chi connectivity index (χ4v) is 4.44. The van der Waals surface area contributed by atoms with Crippen molar-refractivity contribution in [2.75, 3.05) is 5.32 Å². The third-order valence-electron chi connectivity index (χ3n) is 5.96. The SMILES string of the molecule is O=C(Nc1ccc2cc(Cl)ccc2n1)C1CCC(c2nnc(-c3ccc(Cl)c(F)c3)o2)CC1. The number of hydrogen-bond acceptors (Lipinski definition) is 5. The molecule has 6 nitrogen and oxygen atoms in total. The third kappa shape index (κ3) is 4.70. The lowest BCUT2D eigenvalue weighted by Gasteiger charge is -2.25. The topological polar surface area (TPSA) is 80.9 Å². The molecule has 2 aromatic carbocycles. The molecule has 33 heavy (non-hydrogen) atoms. The molecular formula is C24H19Cl2FN4O2. The summed E-state index contributed by atoms with van der Waals surface area (Å²) in [4.78, 5) is 17.3. The van der Waals surface area contributed by atoms with Crippen LogP contribution in [0.3, 0.4) is 0 Å². The molecule has 0 aliphatic heterocycles. The number of halogens is 3. The van der Waals surface area contributed by atoms with Gasteiger partial charge >= 0.3 is 0 Å². The zero-order valence-corrected chi connectivity index (χ0v) is 18.9. The van der Waals surface area contributed by atoms with E-state index in [9.17, 15) is 9.18 Å². The van der Waals surface area contributed by atoms with Crippen LogP contribution in [0.2, 0.25) is 10.0 Å². The number of carbonyl (C=O) groups is 1. The average molecular weight is 485 g/mol. The number of nitrogens with one attached hydrogen (secondary N) is 1. The van der Waals surface area contributed by atoms with Crippen molar-refractivity contribution in [3.8, 4) is 11.5 Å². The van der Waals surface area contributed by atoms with Crippen molar-refractivity contribution < 1.29 is 13.6 Å². The molecule has 2 heterocycles. The highest BCUT2D eigenvalue weighted by atomic mass is 35.5. The molecule has 0 radical (unpaired) electrons. The first-order valence-electron chi connectivity index (χ1n) is 10.6. The molecule has 9 heteroatoms. The van der Waals surface area contributed by atoms with E-state index in [1.54, 1.807) is 18.2 Å². The van der Waals surface area contributed by atoms with E-state index in [4.69, 9.17) is 27.6 Å². The fraction of sp³-hybridized carbons (Fsp3) is 0.250. The number of hydrogen-bond donors (Lipinski definition) is 1. The molecule has 1 aliphatic carbocycles. The number of anilines is 1. The molecule has 1 amide bonds. The number of rotatable bonds is 4. The highest BCUT2D eigenvalue weighted by Crippen LogP contribution is 2.37. The molecule has 2 aromatic heterocycles. The van der Waals surface area contributed by atoms with Crippen LogP contribution in [-0.4, -0.2) is 21.1 Å². The van der Waals surface area contributed by atoms with E-state index >= 15 is 0 Å². The van der Waals surface area contributed by atoms with Gasteiger partial charge in [0.2, 0.25) is 17.7 Å². The number of benzene rings is 2. The molecule has 4 aromatic rings. The second-order valence-electron chi connectivity index (χ2n) is 8.15. The van der Waals surface area contributed by atoms with E-state index < -0.39 is 5.82 Å². The smallest absolute Gasteiger partial charge is 0.247 e. The molecule has 0 atom stereocenters. The van der Waals surface area contributed by atoms with E-state index in [1.807, 2.05) is 18.2 Å². The zero-order valence-electron chi connectivity index (χ0n) is 17.4. The molecule has 5 rings (SSSR count). The Morgan fingerprint density at radius 1 is 1.00 bits per heavy atom. The molecule has 0 unspecified atom stereocenters. The van der Waals surface area contributed by atoms with Gasteiger partial charge in [-0.2, -0.15) is 0 Å². The maximum atomic E-state index is 13.7. The van der Waals surface area contributed by atoms with Gasteiger partial charge < -0.3 is 9.73 Å². The van der Waals surface area contributed by atoms with Crippen LogP contribution < -0.4 is 5.32 Å². The van der Waals surface area contributed by atoms with Crippen LogP contribution in [0.4, 0.5) is 10.2 Å². The molecule has 1 fully saturated rings. The third-order valence-corrected chi connectivity index (χ3v) is 6.50. The summed E-state index contributed by atoms with van der Waals surface area (Å²) in [6.45, 7) is 0.